The number of hydrogen-bond donors (Lipinski definition) is 3. The van der Waals surface area contributed by atoms with Crippen molar-refractivity contribution in [1.29, 1.82) is 0 Å². The minimum absolute atomic E-state index is 0.00407. The number of carbonyl (C=O) groups is 1. The second-order valence-electron chi connectivity index (χ2n) is 8.93. The molecule has 4 rings (SSSR count). The highest BCUT2D eigenvalue weighted by atomic mass is 16.6. The van der Waals surface area contributed by atoms with Crippen molar-refractivity contribution in [1.82, 2.24) is 10.6 Å². The fourth-order valence-corrected chi connectivity index (χ4v) is 3.85. The van der Waals surface area contributed by atoms with Crippen molar-refractivity contribution in [2.24, 2.45) is 22.6 Å². The number of benzene rings is 2. The zero-order valence-corrected chi connectivity index (χ0v) is 21.0. The molecule has 0 spiro atoms. The van der Waals surface area contributed by atoms with Gasteiger partial charge in [-0.3, -0.25) is 30.0 Å². The van der Waals surface area contributed by atoms with Crippen molar-refractivity contribution in [2.75, 3.05) is 39.3 Å². The maximum atomic E-state index is 10.5. The Labute approximate surface area is 216 Å². The van der Waals surface area contributed by atoms with E-state index < -0.39 is 9.85 Å². The molecule has 0 atom stereocenters. The number of nitrogens with zero attached hydrogens (tertiary/aromatic N) is 3. The molecular weight excluding hydrogens is 476 g/mol. The van der Waals surface area contributed by atoms with Crippen LogP contribution in [0.1, 0.15) is 41.6 Å². The van der Waals surface area contributed by atoms with Crippen LogP contribution < -0.4 is 16.4 Å². The largest absolute Gasteiger partial charge is 0.330 e. The van der Waals surface area contributed by atoms with Gasteiger partial charge in [0.15, 0.2) is 0 Å². The lowest BCUT2D eigenvalue weighted by Gasteiger charge is -2.20. The Kier molecular flexibility index (Phi) is 13.6. The molecule has 11 heteroatoms. The van der Waals surface area contributed by atoms with E-state index in [0.29, 0.717) is 17.8 Å². The maximum absolute atomic E-state index is 10.5. The van der Waals surface area contributed by atoms with Crippen LogP contribution in [0.15, 0.2) is 53.5 Å². The van der Waals surface area contributed by atoms with E-state index in [2.05, 4.69) is 15.6 Å². The Balaban J connectivity index is 0.000000215. The minimum atomic E-state index is -0.505. The van der Waals surface area contributed by atoms with E-state index in [-0.39, 0.29) is 11.4 Å². The highest BCUT2D eigenvalue weighted by molar-refractivity contribution is 5.79. The van der Waals surface area contributed by atoms with Crippen molar-refractivity contribution in [3.05, 3.63) is 79.9 Å². The molecule has 4 N–H and O–H groups in total. The topological polar surface area (TPSA) is 166 Å². The summed E-state index contributed by atoms with van der Waals surface area (Å²) < 4.78 is 0. The second-order valence-corrected chi connectivity index (χ2v) is 8.93. The first-order valence-corrected chi connectivity index (χ1v) is 12.5. The standard InChI is InChI=1S/C13H17N3O2.C7H5NO3.C6H14N2/c17-16(18)13-3-1-11(2-4-13)9-15-10-12-5-7-14-8-6-12;9-5-6-1-3-7(4-2-6)8(10)11;7-5-6-1-3-8-4-2-6/h1-4,9,12,14H,5-8,10H2;1-5H;6,8H,1-5,7H2. The summed E-state index contributed by atoms with van der Waals surface area (Å²) in [6.07, 6.45) is 7.34. The summed E-state index contributed by atoms with van der Waals surface area (Å²) in [7, 11) is 0. The van der Waals surface area contributed by atoms with Crippen LogP contribution in [0, 0.1) is 32.1 Å². The Bertz CT molecular complexity index is 986. The average molecular weight is 513 g/mol. The number of nitro groups is 2. The third-order valence-corrected chi connectivity index (χ3v) is 6.20. The van der Waals surface area contributed by atoms with Gasteiger partial charge in [-0.2, -0.15) is 0 Å². The maximum Gasteiger partial charge on any atom is 0.269 e. The Morgan fingerprint density at radius 3 is 1.59 bits per heavy atom. The van der Waals surface area contributed by atoms with Crippen LogP contribution in [0.5, 0.6) is 0 Å². The number of nitrogens with one attached hydrogen (secondary N) is 2. The van der Waals surface area contributed by atoms with E-state index in [9.17, 15) is 25.0 Å². The summed E-state index contributed by atoms with van der Waals surface area (Å²) in [5.41, 5.74) is 6.94. The molecule has 0 bridgehead atoms. The zero-order valence-electron chi connectivity index (χ0n) is 21.0. The Hall–Kier alpha value is -3.54. The van der Waals surface area contributed by atoms with Gasteiger partial charge in [0, 0.05) is 42.6 Å². The van der Waals surface area contributed by atoms with E-state index in [0.717, 1.165) is 37.7 Å². The minimum Gasteiger partial charge on any atom is -0.330 e. The van der Waals surface area contributed by atoms with Gasteiger partial charge in [-0.25, -0.2) is 0 Å². The van der Waals surface area contributed by atoms with Gasteiger partial charge in [0.05, 0.1) is 9.85 Å². The van der Waals surface area contributed by atoms with Gasteiger partial charge in [-0.1, -0.05) is 0 Å². The van der Waals surface area contributed by atoms with Crippen molar-refractivity contribution in [3.8, 4) is 0 Å². The predicted molar refractivity (Wildman–Crippen MR) is 144 cm³/mol. The summed E-state index contributed by atoms with van der Waals surface area (Å²) >= 11 is 0. The van der Waals surface area contributed by atoms with Crippen LogP contribution in [-0.2, 0) is 0 Å². The summed E-state index contributed by atoms with van der Waals surface area (Å²) in [6, 6.07) is 11.9. The summed E-state index contributed by atoms with van der Waals surface area (Å²) in [5, 5.41) is 27.2. The fraction of sp³-hybridized carbons (Fsp3) is 0.462. The van der Waals surface area contributed by atoms with Gasteiger partial charge in [0.2, 0.25) is 0 Å². The zero-order chi connectivity index (χ0) is 26.9. The molecule has 0 aliphatic carbocycles. The smallest absolute Gasteiger partial charge is 0.269 e. The van der Waals surface area contributed by atoms with E-state index in [1.165, 1.54) is 75.2 Å². The van der Waals surface area contributed by atoms with Crippen molar-refractivity contribution in [3.63, 3.8) is 0 Å². The molecule has 2 saturated heterocycles. The third kappa shape index (κ3) is 11.8. The number of nitro benzene ring substituents is 2. The predicted octanol–water partition coefficient (Wildman–Crippen LogP) is 3.37. The number of aldehydes is 1. The van der Waals surface area contributed by atoms with Crippen molar-refractivity contribution < 1.29 is 14.6 Å². The molecule has 0 saturated carbocycles. The number of non-ortho nitro benzene ring substituents is 2. The first-order chi connectivity index (χ1) is 17.9. The molecule has 0 aromatic heterocycles. The molecule has 37 heavy (non-hydrogen) atoms. The number of carbonyl (C=O) groups excluding carboxylic acids is 1. The first-order valence-electron chi connectivity index (χ1n) is 12.5. The number of hydrogen-bond acceptors (Lipinski definition) is 9. The Morgan fingerprint density at radius 2 is 1.22 bits per heavy atom. The van der Waals surface area contributed by atoms with Crippen LogP contribution in [-0.4, -0.2) is 61.6 Å². The lowest BCUT2D eigenvalue weighted by atomic mass is 9.98. The molecule has 11 nitrogen and oxygen atoms in total. The summed E-state index contributed by atoms with van der Waals surface area (Å²) in [6.45, 7) is 6.22. The molecule has 0 radical (unpaired) electrons. The normalized spacial score (nSPS) is 16.1. The van der Waals surface area contributed by atoms with Crippen LogP contribution in [0.4, 0.5) is 11.4 Å². The van der Waals surface area contributed by atoms with Crippen LogP contribution in [0.25, 0.3) is 0 Å². The van der Waals surface area contributed by atoms with Gasteiger partial charge in [0.1, 0.15) is 6.29 Å². The fourth-order valence-electron chi connectivity index (χ4n) is 3.85. The molecule has 2 fully saturated rings. The van der Waals surface area contributed by atoms with Gasteiger partial charge < -0.3 is 16.4 Å². The third-order valence-electron chi connectivity index (χ3n) is 6.20. The second kappa shape index (κ2) is 17.0. The van der Waals surface area contributed by atoms with Gasteiger partial charge in [-0.15, -0.1) is 0 Å². The summed E-state index contributed by atoms with van der Waals surface area (Å²) in [4.78, 5) is 34.3. The summed E-state index contributed by atoms with van der Waals surface area (Å²) in [5.74, 6) is 1.47. The molecule has 2 aromatic rings. The molecule has 0 unspecified atom stereocenters. The quantitative estimate of drug-likeness (QED) is 0.220. The average Bonchev–Trinajstić information content (AvgIpc) is 2.95. The van der Waals surface area contributed by atoms with Crippen LogP contribution in [0.2, 0.25) is 0 Å². The SMILES string of the molecule is NCC1CCNCC1.O=Cc1ccc([N+](=O)[O-])cc1.O=[N+]([O-])c1ccc(C=NCC2CCNCC2)cc1. The molecular formula is C26H36N6O5. The lowest BCUT2D eigenvalue weighted by Crippen LogP contribution is -2.31. The molecule has 2 aliphatic heterocycles. The molecule has 2 heterocycles. The number of rotatable bonds is 7. The van der Waals surface area contributed by atoms with E-state index in [4.69, 9.17) is 5.73 Å². The van der Waals surface area contributed by atoms with Crippen molar-refractivity contribution >= 4 is 23.9 Å². The number of nitrogens with two attached hydrogens (primary N) is 1. The van der Waals surface area contributed by atoms with Crippen LogP contribution in [0.3, 0.4) is 0 Å². The lowest BCUT2D eigenvalue weighted by molar-refractivity contribution is -0.385. The van der Waals surface area contributed by atoms with E-state index >= 15 is 0 Å². The Morgan fingerprint density at radius 1 is 0.784 bits per heavy atom. The first kappa shape index (κ1) is 29.7. The molecule has 200 valence electrons. The highest BCUT2D eigenvalue weighted by Gasteiger charge is 2.11. The van der Waals surface area contributed by atoms with E-state index in [1.807, 2.05) is 0 Å². The van der Waals surface area contributed by atoms with Crippen molar-refractivity contribution in [2.45, 2.75) is 25.7 Å². The monoisotopic (exact) mass is 512 g/mol. The molecule has 0 amide bonds. The molecule has 2 aromatic carbocycles. The van der Waals surface area contributed by atoms with Gasteiger partial charge >= 0.3 is 0 Å². The number of aliphatic imine (C=N–C) groups is 1. The highest BCUT2D eigenvalue weighted by Crippen LogP contribution is 2.13. The van der Waals surface area contributed by atoms with Gasteiger partial charge in [0.25, 0.3) is 11.4 Å². The van der Waals surface area contributed by atoms with Crippen LogP contribution >= 0.6 is 0 Å². The van der Waals surface area contributed by atoms with Gasteiger partial charge in [-0.05, 0) is 100 Å². The van der Waals surface area contributed by atoms with E-state index in [1.54, 1.807) is 18.3 Å². The molecule has 2 aliphatic rings. The number of piperidine rings is 2.